The number of likely N-dealkylation sites (N-methyl/N-ethyl adjacent to an activating group) is 1. The predicted octanol–water partition coefficient (Wildman–Crippen LogP) is 4.43. The minimum absolute atomic E-state index is 0.233. The van der Waals surface area contributed by atoms with E-state index in [1.54, 1.807) is 41.5 Å². The molecule has 1 aromatic carbocycles. The molecule has 1 aliphatic carbocycles. The number of allylic oxidation sites excluding steroid dienone is 1. The first-order chi connectivity index (χ1) is 20.0. The van der Waals surface area contributed by atoms with Crippen LogP contribution in [0.15, 0.2) is 58.3 Å². The van der Waals surface area contributed by atoms with Crippen molar-refractivity contribution in [2.45, 2.75) is 39.3 Å². The van der Waals surface area contributed by atoms with Gasteiger partial charge in [-0.2, -0.15) is 9.35 Å². The van der Waals surface area contributed by atoms with E-state index in [-0.39, 0.29) is 17.5 Å². The Morgan fingerprint density at radius 1 is 1.24 bits per heavy atom. The van der Waals surface area contributed by atoms with Crippen molar-refractivity contribution < 1.29 is 8.95 Å². The number of hydrogen-bond acceptors (Lipinski definition) is 9. The fourth-order valence-electron chi connectivity index (χ4n) is 5.15. The van der Waals surface area contributed by atoms with Crippen molar-refractivity contribution in [3.05, 3.63) is 70.7 Å². The lowest BCUT2D eigenvalue weighted by molar-refractivity contribution is 0.240. The van der Waals surface area contributed by atoms with Gasteiger partial charge in [-0.25, -0.2) is 23.5 Å². The van der Waals surface area contributed by atoms with Gasteiger partial charge in [-0.3, -0.25) is 4.79 Å². The maximum absolute atomic E-state index is 13.4. The van der Waals surface area contributed by atoms with Crippen LogP contribution in [0.1, 0.15) is 30.9 Å². The highest BCUT2D eigenvalue weighted by atomic mass is 32.2. The Labute approximate surface area is 245 Å². The molecule has 2 aliphatic rings. The van der Waals surface area contributed by atoms with Crippen LogP contribution >= 0.6 is 0 Å². The second-order valence-electron chi connectivity index (χ2n) is 11.9. The summed E-state index contributed by atoms with van der Waals surface area (Å²) in [6, 6.07) is 9.34. The van der Waals surface area contributed by atoms with E-state index in [0.717, 1.165) is 30.9 Å². The topological polar surface area (TPSA) is 120 Å². The van der Waals surface area contributed by atoms with Gasteiger partial charge in [-0.15, -0.1) is 6.58 Å². The van der Waals surface area contributed by atoms with Gasteiger partial charge in [-0.05, 0) is 50.1 Å². The van der Waals surface area contributed by atoms with E-state index in [4.69, 9.17) is 9.72 Å². The molecule has 12 heteroatoms. The summed E-state index contributed by atoms with van der Waals surface area (Å²) in [5, 5.41) is 3.70. The number of pyridine rings is 1. The summed E-state index contributed by atoms with van der Waals surface area (Å²) >= 11 is 0. The fraction of sp³-hybridized carbons (Fsp3) is 0.400. The quantitative estimate of drug-likeness (QED) is 0.285. The van der Waals surface area contributed by atoms with Crippen LogP contribution in [0.2, 0.25) is 0 Å². The van der Waals surface area contributed by atoms with Gasteiger partial charge >= 0.3 is 0 Å². The highest BCUT2D eigenvalue weighted by Gasteiger charge is 2.38. The SMILES string of the molecule is C=CCn1c(=O)c2cnc(Nc3cc4c(c(OCC5(C)CC5)c3)CCN(C)C4)nc2n1-c1cccc(N=S(C)(C)=O)n1. The molecule has 1 aliphatic heterocycles. The number of benzene rings is 1. The molecule has 1 fully saturated rings. The average Bonchev–Trinajstić information content (AvgIpc) is 3.61. The Kier molecular flexibility index (Phi) is 7.14. The molecule has 0 spiro atoms. The Morgan fingerprint density at radius 2 is 2.05 bits per heavy atom. The smallest absolute Gasteiger partial charge is 0.278 e. The molecule has 1 N–H and O–H groups in total. The van der Waals surface area contributed by atoms with Crippen LogP contribution in [-0.2, 0) is 29.2 Å². The number of rotatable bonds is 9. The van der Waals surface area contributed by atoms with Crippen molar-refractivity contribution in [1.82, 2.24) is 29.2 Å². The predicted molar refractivity (Wildman–Crippen MR) is 166 cm³/mol. The third kappa shape index (κ3) is 5.82. The lowest BCUT2D eigenvalue weighted by Crippen LogP contribution is -2.27. The Balaban J connectivity index is 1.42. The summed E-state index contributed by atoms with van der Waals surface area (Å²) in [7, 11) is -0.309. The summed E-state index contributed by atoms with van der Waals surface area (Å²) in [5.74, 6) is 1.96. The van der Waals surface area contributed by atoms with E-state index >= 15 is 0 Å². The highest BCUT2D eigenvalue weighted by molar-refractivity contribution is 7.92. The lowest BCUT2D eigenvalue weighted by atomic mass is 9.98. The van der Waals surface area contributed by atoms with Gasteiger partial charge in [0, 0.05) is 64.3 Å². The molecule has 1 saturated carbocycles. The van der Waals surface area contributed by atoms with Crippen LogP contribution in [0.4, 0.5) is 17.5 Å². The van der Waals surface area contributed by atoms with Crippen LogP contribution in [-0.4, -0.2) is 66.1 Å². The number of nitrogens with zero attached hydrogens (tertiary/aromatic N) is 7. The van der Waals surface area contributed by atoms with Crippen molar-refractivity contribution >= 4 is 38.2 Å². The molecule has 0 bridgehead atoms. The first-order valence-corrected chi connectivity index (χ1v) is 16.3. The van der Waals surface area contributed by atoms with Crippen LogP contribution in [0.3, 0.4) is 0 Å². The van der Waals surface area contributed by atoms with Crippen LogP contribution in [0, 0.1) is 5.41 Å². The minimum Gasteiger partial charge on any atom is -0.493 e. The normalized spacial score (nSPS) is 16.2. The van der Waals surface area contributed by atoms with E-state index in [2.05, 4.69) is 51.2 Å². The molecule has 11 nitrogen and oxygen atoms in total. The Hall–Kier alpha value is -4.03. The highest BCUT2D eigenvalue weighted by Crippen LogP contribution is 2.45. The molecule has 3 aromatic heterocycles. The maximum Gasteiger partial charge on any atom is 0.278 e. The van der Waals surface area contributed by atoms with Gasteiger partial charge in [0.25, 0.3) is 5.56 Å². The molecular weight excluding hydrogens is 552 g/mol. The minimum atomic E-state index is -2.43. The van der Waals surface area contributed by atoms with E-state index < -0.39 is 9.73 Å². The summed E-state index contributed by atoms with van der Waals surface area (Å²) in [4.78, 5) is 29.5. The first-order valence-electron chi connectivity index (χ1n) is 14.0. The van der Waals surface area contributed by atoms with Gasteiger partial charge in [0.2, 0.25) is 5.95 Å². The molecule has 0 radical (unpaired) electrons. The van der Waals surface area contributed by atoms with Crippen LogP contribution in [0.25, 0.3) is 16.9 Å². The van der Waals surface area contributed by atoms with Crippen molar-refractivity contribution in [3.8, 4) is 11.6 Å². The van der Waals surface area contributed by atoms with Crippen LogP contribution in [0.5, 0.6) is 5.75 Å². The zero-order valence-electron chi connectivity index (χ0n) is 24.5. The number of anilines is 2. The van der Waals surface area contributed by atoms with Crippen LogP contribution < -0.4 is 15.6 Å². The largest absolute Gasteiger partial charge is 0.493 e. The molecule has 0 amide bonds. The maximum atomic E-state index is 13.4. The third-order valence-corrected chi connectivity index (χ3v) is 8.28. The number of hydrogen-bond donors (Lipinski definition) is 1. The standard InChI is InChI=1S/C30H36N8O3S/c1-6-13-37-28(39)23-17-31-29(34-27(23)38(37)26-9-7-8-25(33-26)35-42(4,5)40)32-21-15-20-18-36(3)14-10-22(20)24(16-21)41-19-30(2)11-12-30/h6-9,15-17H,1,10-14,18-19H2,2-5H3,(H,31,32,34). The summed E-state index contributed by atoms with van der Waals surface area (Å²) in [6.45, 7) is 8.83. The molecule has 4 aromatic rings. The van der Waals surface area contributed by atoms with Crippen molar-refractivity contribution in [1.29, 1.82) is 0 Å². The summed E-state index contributed by atoms with van der Waals surface area (Å²) in [6.07, 6.45) is 9.58. The second-order valence-corrected chi connectivity index (χ2v) is 14.4. The molecule has 0 saturated heterocycles. The van der Waals surface area contributed by atoms with Gasteiger partial charge in [0.15, 0.2) is 17.3 Å². The summed E-state index contributed by atoms with van der Waals surface area (Å²) < 4.78 is 26.1. The Bertz CT molecular complexity index is 1870. The zero-order chi connectivity index (χ0) is 29.6. The fourth-order valence-corrected chi connectivity index (χ4v) is 5.71. The monoisotopic (exact) mass is 588 g/mol. The van der Waals surface area contributed by atoms with E-state index in [1.165, 1.54) is 34.8 Å². The zero-order valence-corrected chi connectivity index (χ0v) is 25.3. The summed E-state index contributed by atoms with van der Waals surface area (Å²) in [5.41, 5.74) is 3.67. The van der Waals surface area contributed by atoms with Gasteiger partial charge in [0.05, 0.1) is 13.2 Å². The number of nitrogens with one attached hydrogen (secondary N) is 1. The molecular formula is C30H36N8O3S. The molecule has 220 valence electrons. The van der Waals surface area contributed by atoms with Gasteiger partial charge < -0.3 is 15.0 Å². The molecule has 42 heavy (non-hydrogen) atoms. The third-order valence-electron chi connectivity index (χ3n) is 7.65. The number of aromatic nitrogens is 5. The van der Waals surface area contributed by atoms with Crippen molar-refractivity contribution in [2.24, 2.45) is 9.78 Å². The Morgan fingerprint density at radius 3 is 2.79 bits per heavy atom. The van der Waals surface area contributed by atoms with Gasteiger partial charge in [-0.1, -0.05) is 19.1 Å². The van der Waals surface area contributed by atoms with E-state index in [9.17, 15) is 9.00 Å². The van der Waals surface area contributed by atoms with Gasteiger partial charge in [0.1, 0.15) is 11.1 Å². The van der Waals surface area contributed by atoms with Crippen molar-refractivity contribution in [2.75, 3.05) is 38.0 Å². The molecule has 4 heterocycles. The molecule has 0 unspecified atom stereocenters. The van der Waals surface area contributed by atoms with E-state index in [1.807, 2.05) is 6.07 Å². The van der Waals surface area contributed by atoms with Crippen molar-refractivity contribution in [3.63, 3.8) is 0 Å². The lowest BCUT2D eigenvalue weighted by Gasteiger charge is -2.28. The first kappa shape index (κ1) is 28.1. The number of fused-ring (bicyclic) bond motifs is 2. The molecule has 0 atom stereocenters. The van der Waals surface area contributed by atoms with E-state index in [0.29, 0.717) is 35.2 Å². The second kappa shape index (κ2) is 10.7. The number of ether oxygens (including phenoxy) is 1. The average molecular weight is 589 g/mol. The molecule has 6 rings (SSSR count).